The summed E-state index contributed by atoms with van der Waals surface area (Å²) in [6.07, 6.45) is 1.14. The van der Waals surface area contributed by atoms with Gasteiger partial charge < -0.3 is 14.2 Å². The van der Waals surface area contributed by atoms with Gasteiger partial charge in [0.1, 0.15) is 17.2 Å². The summed E-state index contributed by atoms with van der Waals surface area (Å²) in [4.78, 5) is 0. The summed E-state index contributed by atoms with van der Waals surface area (Å²) in [5.41, 5.74) is 1.33. The van der Waals surface area contributed by atoms with E-state index in [0.717, 1.165) is 23.7 Å². The van der Waals surface area contributed by atoms with Crippen molar-refractivity contribution in [3.63, 3.8) is 0 Å². The molecule has 3 nitrogen and oxygen atoms in total. The zero-order valence-corrected chi connectivity index (χ0v) is 12.8. The SMILES string of the molecule is CCC(C)c1ccc(OCOc2ccc(OC)cc2)cc1. The third-order valence-corrected chi connectivity index (χ3v) is 3.57. The number of rotatable bonds is 7. The summed E-state index contributed by atoms with van der Waals surface area (Å²) in [5.74, 6) is 2.96. The summed E-state index contributed by atoms with van der Waals surface area (Å²) in [7, 11) is 1.64. The second kappa shape index (κ2) is 7.58. The maximum Gasteiger partial charge on any atom is 0.230 e. The van der Waals surface area contributed by atoms with E-state index in [9.17, 15) is 0 Å². The van der Waals surface area contributed by atoms with Crippen molar-refractivity contribution < 1.29 is 14.2 Å². The van der Waals surface area contributed by atoms with Crippen LogP contribution < -0.4 is 14.2 Å². The molecule has 0 radical (unpaired) electrons. The number of hydrogen-bond donors (Lipinski definition) is 0. The van der Waals surface area contributed by atoms with Crippen LogP contribution in [0.15, 0.2) is 48.5 Å². The van der Waals surface area contributed by atoms with Crippen molar-refractivity contribution in [1.82, 2.24) is 0 Å². The average molecular weight is 286 g/mol. The molecule has 0 aliphatic rings. The number of hydrogen-bond acceptors (Lipinski definition) is 3. The molecule has 21 heavy (non-hydrogen) atoms. The van der Waals surface area contributed by atoms with E-state index in [-0.39, 0.29) is 6.79 Å². The van der Waals surface area contributed by atoms with Crippen LogP contribution in [0.25, 0.3) is 0 Å². The highest BCUT2D eigenvalue weighted by Crippen LogP contribution is 2.22. The van der Waals surface area contributed by atoms with E-state index in [1.165, 1.54) is 5.56 Å². The van der Waals surface area contributed by atoms with Crippen LogP contribution in [0.2, 0.25) is 0 Å². The van der Waals surface area contributed by atoms with Gasteiger partial charge in [0.25, 0.3) is 0 Å². The topological polar surface area (TPSA) is 27.7 Å². The Labute approximate surface area is 126 Å². The van der Waals surface area contributed by atoms with E-state index in [0.29, 0.717) is 5.92 Å². The first-order valence-electron chi connectivity index (χ1n) is 7.22. The van der Waals surface area contributed by atoms with Crippen molar-refractivity contribution in [1.29, 1.82) is 0 Å². The van der Waals surface area contributed by atoms with E-state index in [4.69, 9.17) is 14.2 Å². The molecular formula is C18H22O3. The Kier molecular flexibility index (Phi) is 5.50. The fourth-order valence-electron chi connectivity index (χ4n) is 1.97. The Balaban J connectivity index is 1.82. The van der Waals surface area contributed by atoms with Crippen LogP contribution in [-0.2, 0) is 0 Å². The van der Waals surface area contributed by atoms with Crippen LogP contribution in [0.5, 0.6) is 17.2 Å². The average Bonchev–Trinajstić information content (AvgIpc) is 2.55. The molecule has 0 saturated heterocycles. The largest absolute Gasteiger partial charge is 0.497 e. The second-order valence-electron chi connectivity index (χ2n) is 4.96. The lowest BCUT2D eigenvalue weighted by Crippen LogP contribution is -2.05. The van der Waals surface area contributed by atoms with Gasteiger partial charge in [0.05, 0.1) is 7.11 Å². The monoisotopic (exact) mass is 286 g/mol. The highest BCUT2D eigenvalue weighted by Gasteiger charge is 2.03. The van der Waals surface area contributed by atoms with Gasteiger partial charge >= 0.3 is 0 Å². The Hall–Kier alpha value is -2.16. The molecule has 0 fully saturated rings. The molecule has 1 unspecified atom stereocenters. The first kappa shape index (κ1) is 15.2. The number of ether oxygens (including phenoxy) is 3. The zero-order chi connectivity index (χ0) is 15.1. The van der Waals surface area contributed by atoms with Gasteiger partial charge in [0.2, 0.25) is 6.79 Å². The Morgan fingerprint density at radius 1 is 0.810 bits per heavy atom. The lowest BCUT2D eigenvalue weighted by atomic mass is 9.99. The van der Waals surface area contributed by atoms with Gasteiger partial charge in [-0.2, -0.15) is 0 Å². The molecule has 0 amide bonds. The van der Waals surface area contributed by atoms with Gasteiger partial charge in [-0.05, 0) is 54.3 Å². The molecule has 0 N–H and O–H groups in total. The quantitative estimate of drug-likeness (QED) is 0.695. The fourth-order valence-corrected chi connectivity index (χ4v) is 1.97. The smallest absolute Gasteiger partial charge is 0.230 e. The Morgan fingerprint density at radius 3 is 1.76 bits per heavy atom. The molecule has 2 aromatic rings. The molecule has 0 heterocycles. The van der Waals surface area contributed by atoms with E-state index < -0.39 is 0 Å². The number of methoxy groups -OCH3 is 1. The first-order chi connectivity index (χ1) is 10.2. The van der Waals surface area contributed by atoms with Crippen molar-refractivity contribution in [3.05, 3.63) is 54.1 Å². The molecule has 0 aromatic heterocycles. The summed E-state index contributed by atoms with van der Waals surface area (Å²) in [6.45, 7) is 4.61. The maximum absolute atomic E-state index is 5.58. The van der Waals surface area contributed by atoms with Crippen LogP contribution in [-0.4, -0.2) is 13.9 Å². The third-order valence-electron chi connectivity index (χ3n) is 3.57. The van der Waals surface area contributed by atoms with Crippen LogP contribution in [0, 0.1) is 0 Å². The minimum absolute atomic E-state index is 0.189. The normalized spacial score (nSPS) is 11.8. The van der Waals surface area contributed by atoms with E-state index >= 15 is 0 Å². The summed E-state index contributed by atoms with van der Waals surface area (Å²) >= 11 is 0. The standard InChI is InChI=1S/C18H22O3/c1-4-14(2)15-5-7-17(8-6-15)20-13-21-18-11-9-16(19-3)10-12-18/h5-12,14H,4,13H2,1-3H3. The molecule has 0 saturated carbocycles. The zero-order valence-electron chi connectivity index (χ0n) is 12.8. The minimum Gasteiger partial charge on any atom is -0.497 e. The van der Waals surface area contributed by atoms with Gasteiger partial charge in [-0.15, -0.1) is 0 Å². The second-order valence-corrected chi connectivity index (χ2v) is 4.96. The van der Waals surface area contributed by atoms with Crippen LogP contribution >= 0.6 is 0 Å². The lowest BCUT2D eigenvalue weighted by molar-refractivity contribution is 0.120. The highest BCUT2D eigenvalue weighted by atomic mass is 16.7. The Morgan fingerprint density at radius 2 is 1.29 bits per heavy atom. The molecule has 2 rings (SSSR count). The van der Waals surface area contributed by atoms with Crippen LogP contribution in [0.4, 0.5) is 0 Å². The molecular weight excluding hydrogens is 264 g/mol. The molecule has 0 bridgehead atoms. The van der Waals surface area contributed by atoms with Crippen molar-refractivity contribution in [2.24, 2.45) is 0 Å². The first-order valence-corrected chi connectivity index (χ1v) is 7.22. The molecule has 0 spiro atoms. The van der Waals surface area contributed by atoms with Crippen LogP contribution in [0.1, 0.15) is 31.7 Å². The predicted octanol–water partition coefficient (Wildman–Crippen LogP) is 4.62. The summed E-state index contributed by atoms with van der Waals surface area (Å²) in [6, 6.07) is 15.6. The van der Waals surface area contributed by atoms with Gasteiger partial charge in [-0.25, -0.2) is 0 Å². The highest BCUT2D eigenvalue weighted by molar-refractivity contribution is 5.31. The molecule has 3 heteroatoms. The van der Waals surface area contributed by atoms with Crippen molar-refractivity contribution in [2.45, 2.75) is 26.2 Å². The predicted molar refractivity (Wildman–Crippen MR) is 84.3 cm³/mol. The van der Waals surface area contributed by atoms with E-state index in [1.54, 1.807) is 7.11 Å². The molecule has 2 aromatic carbocycles. The third kappa shape index (κ3) is 4.42. The van der Waals surface area contributed by atoms with Crippen molar-refractivity contribution >= 4 is 0 Å². The Bertz CT molecular complexity index is 531. The fraction of sp³-hybridized carbons (Fsp3) is 0.333. The van der Waals surface area contributed by atoms with E-state index in [2.05, 4.69) is 26.0 Å². The summed E-state index contributed by atoms with van der Waals surface area (Å²) < 4.78 is 16.2. The van der Waals surface area contributed by atoms with Gasteiger partial charge in [0.15, 0.2) is 0 Å². The molecule has 112 valence electrons. The molecule has 1 atom stereocenters. The maximum atomic E-state index is 5.58. The van der Waals surface area contributed by atoms with Crippen molar-refractivity contribution in [2.75, 3.05) is 13.9 Å². The van der Waals surface area contributed by atoms with Crippen LogP contribution in [0.3, 0.4) is 0 Å². The van der Waals surface area contributed by atoms with Gasteiger partial charge in [-0.3, -0.25) is 0 Å². The van der Waals surface area contributed by atoms with Gasteiger partial charge in [-0.1, -0.05) is 26.0 Å². The molecule has 0 aliphatic heterocycles. The molecule has 0 aliphatic carbocycles. The minimum atomic E-state index is 0.189. The van der Waals surface area contributed by atoms with E-state index in [1.807, 2.05) is 36.4 Å². The lowest BCUT2D eigenvalue weighted by Gasteiger charge is -2.11. The van der Waals surface area contributed by atoms with Gasteiger partial charge in [0, 0.05) is 0 Å². The number of benzene rings is 2. The summed E-state index contributed by atoms with van der Waals surface area (Å²) in [5, 5.41) is 0. The van der Waals surface area contributed by atoms with Crippen molar-refractivity contribution in [3.8, 4) is 17.2 Å².